The monoisotopic (exact) mass is 275 g/mol. The molecule has 1 aromatic rings. The fraction of sp³-hybridized carbons (Fsp3) is 0.647. The van der Waals surface area contributed by atoms with Crippen molar-refractivity contribution in [3.05, 3.63) is 29.8 Å². The zero-order valence-electron chi connectivity index (χ0n) is 13.4. The highest BCUT2D eigenvalue weighted by Gasteiger charge is 2.29. The van der Waals surface area contributed by atoms with Crippen molar-refractivity contribution < 1.29 is 0 Å². The van der Waals surface area contributed by atoms with Gasteiger partial charge in [-0.1, -0.05) is 19.1 Å². The molecule has 0 saturated carbocycles. The first-order valence-electron chi connectivity index (χ1n) is 7.81. The molecular formula is C17H29N3. The molecule has 0 amide bonds. The number of hydrogen-bond acceptors (Lipinski definition) is 3. The predicted octanol–water partition coefficient (Wildman–Crippen LogP) is 2.75. The first kappa shape index (κ1) is 15.3. The fourth-order valence-electron chi connectivity index (χ4n) is 3.30. The van der Waals surface area contributed by atoms with Crippen LogP contribution in [-0.4, -0.2) is 45.7 Å². The molecule has 0 aliphatic carbocycles. The van der Waals surface area contributed by atoms with E-state index in [0.717, 1.165) is 19.0 Å². The first-order valence-corrected chi connectivity index (χ1v) is 7.81. The molecule has 1 aliphatic rings. The van der Waals surface area contributed by atoms with Crippen LogP contribution >= 0.6 is 0 Å². The third kappa shape index (κ3) is 3.53. The van der Waals surface area contributed by atoms with E-state index in [-0.39, 0.29) is 0 Å². The minimum absolute atomic E-state index is 0.555. The molecule has 1 saturated heterocycles. The van der Waals surface area contributed by atoms with Crippen molar-refractivity contribution in [3.8, 4) is 0 Å². The summed E-state index contributed by atoms with van der Waals surface area (Å²) >= 11 is 0. The van der Waals surface area contributed by atoms with Gasteiger partial charge in [0.25, 0.3) is 0 Å². The lowest BCUT2D eigenvalue weighted by Crippen LogP contribution is -2.40. The Balaban J connectivity index is 2.16. The summed E-state index contributed by atoms with van der Waals surface area (Å²) < 4.78 is 0. The van der Waals surface area contributed by atoms with Crippen molar-refractivity contribution in [2.75, 3.05) is 45.7 Å². The van der Waals surface area contributed by atoms with E-state index in [4.69, 9.17) is 0 Å². The Bertz CT molecular complexity index is 399. The summed E-state index contributed by atoms with van der Waals surface area (Å²) in [7, 11) is 6.45. The van der Waals surface area contributed by atoms with Crippen molar-refractivity contribution in [1.82, 2.24) is 10.2 Å². The van der Waals surface area contributed by atoms with Gasteiger partial charge in [0.15, 0.2) is 0 Å². The maximum atomic E-state index is 3.53. The van der Waals surface area contributed by atoms with Crippen LogP contribution < -0.4 is 10.2 Å². The Morgan fingerprint density at radius 1 is 1.25 bits per heavy atom. The molecule has 1 aromatic carbocycles. The second-order valence-corrected chi connectivity index (χ2v) is 6.12. The summed E-state index contributed by atoms with van der Waals surface area (Å²) in [6.07, 6.45) is 2.65. The molecule has 3 nitrogen and oxygen atoms in total. The maximum Gasteiger partial charge on any atom is 0.0385 e. The molecule has 0 spiro atoms. The van der Waals surface area contributed by atoms with Crippen LogP contribution in [0.5, 0.6) is 0 Å². The molecule has 0 radical (unpaired) electrons. The highest BCUT2D eigenvalue weighted by Crippen LogP contribution is 2.35. The molecule has 112 valence electrons. The Kier molecular flexibility index (Phi) is 5.44. The summed E-state index contributed by atoms with van der Waals surface area (Å²) in [6, 6.07) is 9.64. The van der Waals surface area contributed by atoms with Gasteiger partial charge in [0.05, 0.1) is 0 Å². The number of anilines is 1. The molecule has 0 aromatic heterocycles. The third-order valence-corrected chi connectivity index (χ3v) is 4.41. The first-order chi connectivity index (χ1) is 9.63. The number of nitrogens with one attached hydrogen (secondary N) is 1. The van der Waals surface area contributed by atoms with E-state index in [9.17, 15) is 0 Å². The SMILES string of the molecule is CCNCC1CCCN(C)C1c1ccc(N(C)C)cc1. The third-order valence-electron chi connectivity index (χ3n) is 4.41. The van der Waals surface area contributed by atoms with Gasteiger partial charge in [-0.25, -0.2) is 0 Å². The van der Waals surface area contributed by atoms with Crippen LogP contribution in [0.2, 0.25) is 0 Å². The molecule has 2 unspecified atom stereocenters. The number of benzene rings is 1. The minimum Gasteiger partial charge on any atom is -0.378 e. The van der Waals surface area contributed by atoms with E-state index in [1.165, 1.54) is 30.6 Å². The summed E-state index contributed by atoms with van der Waals surface area (Å²) in [6.45, 7) is 5.59. The van der Waals surface area contributed by atoms with Crippen molar-refractivity contribution in [2.45, 2.75) is 25.8 Å². The molecule has 20 heavy (non-hydrogen) atoms. The largest absolute Gasteiger partial charge is 0.378 e. The van der Waals surface area contributed by atoms with Gasteiger partial charge in [0.1, 0.15) is 0 Å². The standard InChI is InChI=1S/C17H29N3/c1-5-18-13-15-7-6-12-20(4)17(15)14-8-10-16(11-9-14)19(2)3/h8-11,15,17-18H,5-7,12-13H2,1-4H3. The van der Waals surface area contributed by atoms with Crippen molar-refractivity contribution >= 4 is 5.69 Å². The second kappa shape index (κ2) is 7.09. The van der Waals surface area contributed by atoms with E-state index >= 15 is 0 Å². The molecule has 1 N–H and O–H groups in total. The van der Waals surface area contributed by atoms with E-state index in [1.54, 1.807) is 0 Å². The quantitative estimate of drug-likeness (QED) is 0.891. The lowest BCUT2D eigenvalue weighted by molar-refractivity contribution is 0.120. The van der Waals surface area contributed by atoms with E-state index < -0.39 is 0 Å². The average Bonchev–Trinajstić information content (AvgIpc) is 2.45. The van der Waals surface area contributed by atoms with Gasteiger partial charge < -0.3 is 10.2 Å². The van der Waals surface area contributed by atoms with Crippen LogP contribution in [0.25, 0.3) is 0 Å². The minimum atomic E-state index is 0.555. The predicted molar refractivity (Wildman–Crippen MR) is 87.4 cm³/mol. The van der Waals surface area contributed by atoms with Crippen LogP contribution in [-0.2, 0) is 0 Å². The maximum absolute atomic E-state index is 3.53. The van der Waals surface area contributed by atoms with Gasteiger partial charge in [-0.3, -0.25) is 4.90 Å². The fourth-order valence-corrected chi connectivity index (χ4v) is 3.30. The normalized spacial score (nSPS) is 23.8. The smallest absolute Gasteiger partial charge is 0.0385 e. The zero-order chi connectivity index (χ0) is 14.5. The van der Waals surface area contributed by atoms with E-state index in [2.05, 4.69) is 67.4 Å². The van der Waals surface area contributed by atoms with Crippen LogP contribution in [0.1, 0.15) is 31.4 Å². The van der Waals surface area contributed by atoms with E-state index in [1.807, 2.05) is 0 Å². The zero-order valence-corrected chi connectivity index (χ0v) is 13.4. The van der Waals surface area contributed by atoms with Gasteiger partial charge in [-0.05, 0) is 63.1 Å². The molecule has 1 aliphatic heterocycles. The molecule has 2 rings (SSSR count). The van der Waals surface area contributed by atoms with Gasteiger partial charge in [0.2, 0.25) is 0 Å². The summed E-state index contributed by atoms with van der Waals surface area (Å²) in [5.41, 5.74) is 2.73. The van der Waals surface area contributed by atoms with Crippen molar-refractivity contribution in [3.63, 3.8) is 0 Å². The molecule has 0 bridgehead atoms. The van der Waals surface area contributed by atoms with Crippen LogP contribution in [0.3, 0.4) is 0 Å². The lowest BCUT2D eigenvalue weighted by atomic mass is 9.85. The van der Waals surface area contributed by atoms with Gasteiger partial charge in [-0.15, -0.1) is 0 Å². The van der Waals surface area contributed by atoms with Gasteiger partial charge in [-0.2, -0.15) is 0 Å². The van der Waals surface area contributed by atoms with Crippen LogP contribution in [0.4, 0.5) is 5.69 Å². The Labute approximate surface area is 124 Å². The average molecular weight is 275 g/mol. The van der Waals surface area contributed by atoms with Crippen molar-refractivity contribution in [1.29, 1.82) is 0 Å². The molecule has 2 atom stereocenters. The number of piperidine rings is 1. The van der Waals surface area contributed by atoms with Crippen LogP contribution in [0, 0.1) is 5.92 Å². The summed E-state index contributed by atoms with van der Waals surface area (Å²) in [5.74, 6) is 0.721. The lowest BCUT2D eigenvalue weighted by Gasteiger charge is -2.40. The Morgan fingerprint density at radius 2 is 1.95 bits per heavy atom. The molecular weight excluding hydrogens is 246 g/mol. The second-order valence-electron chi connectivity index (χ2n) is 6.12. The summed E-state index contributed by atoms with van der Waals surface area (Å²) in [4.78, 5) is 4.68. The highest BCUT2D eigenvalue weighted by molar-refractivity contribution is 5.46. The summed E-state index contributed by atoms with van der Waals surface area (Å²) in [5, 5.41) is 3.53. The Morgan fingerprint density at radius 3 is 2.55 bits per heavy atom. The molecule has 3 heteroatoms. The number of likely N-dealkylation sites (tertiary alicyclic amines) is 1. The van der Waals surface area contributed by atoms with Gasteiger partial charge in [0, 0.05) is 25.8 Å². The van der Waals surface area contributed by atoms with Crippen molar-refractivity contribution in [2.24, 2.45) is 5.92 Å². The van der Waals surface area contributed by atoms with E-state index in [0.29, 0.717) is 6.04 Å². The van der Waals surface area contributed by atoms with Crippen LogP contribution in [0.15, 0.2) is 24.3 Å². The number of hydrogen-bond donors (Lipinski definition) is 1. The van der Waals surface area contributed by atoms with Gasteiger partial charge >= 0.3 is 0 Å². The molecule has 1 heterocycles. The molecule has 1 fully saturated rings. The highest BCUT2D eigenvalue weighted by atomic mass is 15.1. The number of rotatable bonds is 5. The number of nitrogens with zero attached hydrogens (tertiary/aromatic N) is 2. The topological polar surface area (TPSA) is 18.5 Å². The Hall–Kier alpha value is -1.06.